The topological polar surface area (TPSA) is 131 Å². The molecule has 0 bridgehead atoms. The second-order valence-electron chi connectivity index (χ2n) is 10.7. The molecule has 0 aliphatic heterocycles. The number of halogens is 1. The van der Waals surface area contributed by atoms with E-state index in [9.17, 15) is 19.2 Å². The highest BCUT2D eigenvalue weighted by atomic mass is 35.5. The van der Waals surface area contributed by atoms with Gasteiger partial charge in [-0.25, -0.2) is 4.79 Å². The minimum absolute atomic E-state index is 0.0671. The second-order valence-corrected chi connectivity index (χ2v) is 11.1. The van der Waals surface area contributed by atoms with Crippen LogP contribution in [0.4, 0.5) is 10.5 Å². The molecule has 0 saturated carbocycles. The third-order valence-electron chi connectivity index (χ3n) is 5.96. The third kappa shape index (κ3) is 8.99. The molecule has 2 atom stereocenters. The van der Waals surface area contributed by atoms with E-state index < -0.39 is 47.5 Å². The molecule has 0 aliphatic carbocycles. The number of benzene rings is 2. The summed E-state index contributed by atoms with van der Waals surface area (Å²) in [5.41, 5.74) is 7.14. The molecule has 0 fully saturated rings. The van der Waals surface area contributed by atoms with E-state index in [1.165, 1.54) is 4.90 Å². The van der Waals surface area contributed by atoms with Crippen LogP contribution in [0.15, 0.2) is 42.5 Å². The average molecular weight is 559 g/mol. The maximum absolute atomic E-state index is 14.1. The van der Waals surface area contributed by atoms with Gasteiger partial charge in [0.1, 0.15) is 17.7 Å². The lowest BCUT2D eigenvalue weighted by Crippen LogP contribution is -2.54. The Labute approximate surface area is 235 Å². The molecule has 4 amide bonds. The van der Waals surface area contributed by atoms with Crippen LogP contribution in [-0.2, 0) is 19.1 Å². The molecule has 2 rings (SSSR count). The van der Waals surface area contributed by atoms with Gasteiger partial charge in [-0.05, 0) is 77.6 Å². The monoisotopic (exact) mass is 558 g/mol. The summed E-state index contributed by atoms with van der Waals surface area (Å²) in [5, 5.41) is 5.84. The number of rotatable bonds is 10. The fraction of sp³-hybridized carbons (Fsp3) is 0.448. The highest BCUT2D eigenvalue weighted by molar-refractivity contribution is 6.34. The molecule has 0 saturated heterocycles. The standard InChI is InChI=1S/C29H39ClN4O5/c1-17(2)34(27(37)22(15-16-23(31)35)32-28(38)39-29(5,6)7)25(20-13-9-8-11-18(20)3)26(36)33-24-19(4)12-10-14-21(24)30/h8-14,17,22,25H,15-16H2,1-7H3,(H2,31,35)(H,32,38)(H,33,36). The molecule has 2 aromatic rings. The van der Waals surface area contributed by atoms with Crippen LogP contribution in [0, 0.1) is 13.8 Å². The molecule has 0 heterocycles. The van der Waals surface area contributed by atoms with Gasteiger partial charge in [-0.15, -0.1) is 0 Å². The Morgan fingerprint density at radius 1 is 1.00 bits per heavy atom. The third-order valence-corrected chi connectivity index (χ3v) is 6.27. The lowest BCUT2D eigenvalue weighted by molar-refractivity contribution is -0.143. The van der Waals surface area contributed by atoms with Gasteiger partial charge in [0, 0.05) is 12.5 Å². The Hall–Kier alpha value is -3.59. The minimum Gasteiger partial charge on any atom is -0.444 e. The van der Waals surface area contributed by atoms with E-state index in [0.717, 1.165) is 11.1 Å². The lowest BCUT2D eigenvalue weighted by Gasteiger charge is -2.37. The molecule has 0 radical (unpaired) electrons. The Bertz CT molecular complexity index is 1190. The number of nitrogens with zero attached hydrogens (tertiary/aromatic N) is 1. The van der Waals surface area contributed by atoms with E-state index in [-0.39, 0.29) is 12.8 Å². The number of primary amides is 1. The van der Waals surface area contributed by atoms with Crippen molar-refractivity contribution >= 4 is 41.1 Å². The van der Waals surface area contributed by atoms with Gasteiger partial charge in [0.15, 0.2) is 0 Å². The van der Waals surface area contributed by atoms with Crippen LogP contribution in [0.2, 0.25) is 5.02 Å². The van der Waals surface area contributed by atoms with E-state index in [2.05, 4.69) is 10.6 Å². The fourth-order valence-corrected chi connectivity index (χ4v) is 4.42. The number of para-hydroxylation sites is 1. The molecule has 10 heteroatoms. The van der Waals surface area contributed by atoms with Crippen molar-refractivity contribution in [3.8, 4) is 0 Å². The van der Waals surface area contributed by atoms with E-state index in [1.807, 2.05) is 32.0 Å². The molecule has 2 unspecified atom stereocenters. The van der Waals surface area contributed by atoms with E-state index in [0.29, 0.717) is 16.3 Å². The zero-order valence-corrected chi connectivity index (χ0v) is 24.4. The van der Waals surface area contributed by atoms with Gasteiger partial charge in [0.25, 0.3) is 5.91 Å². The molecular weight excluding hydrogens is 520 g/mol. The molecular formula is C29H39ClN4O5. The summed E-state index contributed by atoms with van der Waals surface area (Å²) in [6.07, 6.45) is -1.04. The molecule has 0 spiro atoms. The summed E-state index contributed by atoms with van der Waals surface area (Å²) < 4.78 is 5.35. The number of carbonyl (C=O) groups excluding carboxylic acids is 4. The number of aryl methyl sites for hydroxylation is 2. The number of hydrogen-bond donors (Lipinski definition) is 3. The molecule has 212 valence electrons. The summed E-state index contributed by atoms with van der Waals surface area (Å²) >= 11 is 6.39. The largest absolute Gasteiger partial charge is 0.444 e. The Balaban J connectivity index is 2.58. The van der Waals surface area contributed by atoms with Crippen LogP contribution < -0.4 is 16.4 Å². The first kappa shape index (κ1) is 31.6. The predicted octanol–water partition coefficient (Wildman–Crippen LogP) is 5.03. The number of anilines is 1. The Kier molecular flexibility index (Phi) is 10.9. The van der Waals surface area contributed by atoms with Gasteiger partial charge in [-0.1, -0.05) is 48.0 Å². The van der Waals surface area contributed by atoms with Gasteiger partial charge in [-0.3, -0.25) is 14.4 Å². The maximum Gasteiger partial charge on any atom is 0.408 e. The van der Waals surface area contributed by atoms with Gasteiger partial charge in [0.2, 0.25) is 11.8 Å². The number of alkyl carbamates (subject to hydrolysis) is 1. The van der Waals surface area contributed by atoms with Crippen molar-refractivity contribution in [3.63, 3.8) is 0 Å². The van der Waals surface area contributed by atoms with Crippen LogP contribution in [0.3, 0.4) is 0 Å². The number of ether oxygens (including phenoxy) is 1. The SMILES string of the molecule is Cc1ccccc1C(C(=O)Nc1c(C)cccc1Cl)N(C(=O)C(CCC(N)=O)NC(=O)OC(C)(C)C)C(C)C. The summed E-state index contributed by atoms with van der Waals surface area (Å²) in [6.45, 7) is 12.3. The van der Waals surface area contributed by atoms with Crippen molar-refractivity contribution in [2.75, 3.05) is 5.32 Å². The van der Waals surface area contributed by atoms with Crippen LogP contribution in [-0.4, -0.2) is 46.4 Å². The smallest absolute Gasteiger partial charge is 0.408 e. The van der Waals surface area contributed by atoms with E-state index >= 15 is 0 Å². The van der Waals surface area contributed by atoms with Crippen LogP contribution in [0.1, 0.15) is 70.2 Å². The Morgan fingerprint density at radius 2 is 1.62 bits per heavy atom. The lowest BCUT2D eigenvalue weighted by atomic mass is 9.96. The Morgan fingerprint density at radius 3 is 2.15 bits per heavy atom. The van der Waals surface area contributed by atoms with Crippen molar-refractivity contribution in [2.24, 2.45) is 5.73 Å². The minimum atomic E-state index is -1.17. The van der Waals surface area contributed by atoms with E-state index in [4.69, 9.17) is 22.1 Å². The van der Waals surface area contributed by atoms with E-state index in [1.54, 1.807) is 58.9 Å². The summed E-state index contributed by atoms with van der Waals surface area (Å²) in [4.78, 5) is 53.7. The molecule has 4 N–H and O–H groups in total. The van der Waals surface area contributed by atoms with Gasteiger partial charge in [-0.2, -0.15) is 0 Å². The molecule has 39 heavy (non-hydrogen) atoms. The van der Waals surface area contributed by atoms with Crippen molar-refractivity contribution in [1.82, 2.24) is 10.2 Å². The van der Waals surface area contributed by atoms with Gasteiger partial charge in [0.05, 0.1) is 10.7 Å². The van der Waals surface area contributed by atoms with Crippen LogP contribution >= 0.6 is 11.6 Å². The first-order chi connectivity index (χ1) is 18.1. The summed E-state index contributed by atoms with van der Waals surface area (Å²) in [7, 11) is 0. The summed E-state index contributed by atoms with van der Waals surface area (Å²) in [5.74, 6) is -1.66. The normalized spacial score (nSPS) is 12.8. The molecule has 2 aromatic carbocycles. The van der Waals surface area contributed by atoms with Crippen molar-refractivity contribution in [2.45, 2.75) is 85.0 Å². The highest BCUT2D eigenvalue weighted by Crippen LogP contribution is 2.31. The number of carbonyl (C=O) groups is 4. The van der Waals surface area contributed by atoms with Crippen LogP contribution in [0.5, 0.6) is 0 Å². The van der Waals surface area contributed by atoms with Gasteiger partial charge >= 0.3 is 6.09 Å². The average Bonchev–Trinajstić information content (AvgIpc) is 2.81. The molecule has 0 aliphatic rings. The van der Waals surface area contributed by atoms with Crippen molar-refractivity contribution < 1.29 is 23.9 Å². The van der Waals surface area contributed by atoms with Crippen molar-refractivity contribution in [1.29, 1.82) is 0 Å². The quantitative estimate of drug-likeness (QED) is 0.376. The predicted molar refractivity (Wildman–Crippen MR) is 152 cm³/mol. The first-order valence-electron chi connectivity index (χ1n) is 12.8. The summed E-state index contributed by atoms with van der Waals surface area (Å²) in [6, 6.07) is 9.80. The van der Waals surface area contributed by atoms with Gasteiger partial charge < -0.3 is 26.0 Å². The maximum atomic E-state index is 14.1. The van der Waals surface area contributed by atoms with Crippen LogP contribution in [0.25, 0.3) is 0 Å². The van der Waals surface area contributed by atoms with Crippen molar-refractivity contribution in [3.05, 3.63) is 64.2 Å². The second kappa shape index (κ2) is 13.5. The zero-order valence-electron chi connectivity index (χ0n) is 23.6. The number of nitrogens with two attached hydrogens (primary N) is 1. The fourth-order valence-electron chi connectivity index (χ4n) is 4.15. The zero-order chi connectivity index (χ0) is 29.5. The number of amides is 4. The highest BCUT2D eigenvalue weighted by Gasteiger charge is 2.38. The molecule has 9 nitrogen and oxygen atoms in total. The molecule has 0 aromatic heterocycles. The first-order valence-corrected chi connectivity index (χ1v) is 13.2. The number of hydrogen-bond acceptors (Lipinski definition) is 5. The number of nitrogens with one attached hydrogen (secondary N) is 2.